The van der Waals surface area contributed by atoms with E-state index in [1.54, 1.807) is 6.07 Å². The van der Waals surface area contributed by atoms with Crippen molar-refractivity contribution in [2.75, 3.05) is 44.2 Å². The number of ether oxygens (including phenoxy) is 1. The highest BCUT2D eigenvalue weighted by Gasteiger charge is 2.42. The Morgan fingerprint density at radius 3 is 2.36 bits per heavy atom. The van der Waals surface area contributed by atoms with Crippen molar-refractivity contribution in [3.05, 3.63) is 24.0 Å². The lowest BCUT2D eigenvalue weighted by atomic mass is 9.90. The zero-order chi connectivity index (χ0) is 23.4. The molecule has 186 valence electrons. The second kappa shape index (κ2) is 12.0. The third kappa shape index (κ3) is 6.58. The number of nitrogens with zero attached hydrogens (tertiary/aromatic N) is 3. The van der Waals surface area contributed by atoms with Gasteiger partial charge in [-0.15, -0.1) is 12.4 Å². The summed E-state index contributed by atoms with van der Waals surface area (Å²) in [5.41, 5.74) is 6.94. The number of para-hydroxylation sites is 1. The van der Waals surface area contributed by atoms with E-state index < -0.39 is 0 Å². The predicted octanol–water partition coefficient (Wildman–Crippen LogP) is 2.91. The van der Waals surface area contributed by atoms with Crippen LogP contribution in [0.2, 0.25) is 0 Å². The SMILES string of the molecule is CC(C)Oc1c(F)cccc1N1CCN(CCCN2C(=O)CC(C(N)C(C)C)C2=O)CC1.Cl. The lowest BCUT2D eigenvalue weighted by Crippen LogP contribution is -2.47. The Kier molecular flexibility index (Phi) is 9.94. The summed E-state index contributed by atoms with van der Waals surface area (Å²) < 4.78 is 20.0. The summed E-state index contributed by atoms with van der Waals surface area (Å²) in [5, 5.41) is 0. The van der Waals surface area contributed by atoms with Gasteiger partial charge in [-0.3, -0.25) is 19.4 Å². The fourth-order valence-electron chi connectivity index (χ4n) is 4.47. The fraction of sp³-hybridized carbons (Fsp3) is 0.667. The zero-order valence-corrected chi connectivity index (χ0v) is 20.9. The van der Waals surface area contributed by atoms with Gasteiger partial charge in [-0.1, -0.05) is 19.9 Å². The summed E-state index contributed by atoms with van der Waals surface area (Å²) >= 11 is 0. The smallest absolute Gasteiger partial charge is 0.234 e. The number of piperazine rings is 1. The summed E-state index contributed by atoms with van der Waals surface area (Å²) in [6.45, 7) is 12.2. The van der Waals surface area contributed by atoms with Gasteiger partial charge in [-0.05, 0) is 44.9 Å². The van der Waals surface area contributed by atoms with Gasteiger partial charge in [-0.2, -0.15) is 0 Å². The summed E-state index contributed by atoms with van der Waals surface area (Å²) in [7, 11) is 0. The van der Waals surface area contributed by atoms with Crippen LogP contribution in [0.4, 0.5) is 10.1 Å². The second-order valence-electron chi connectivity index (χ2n) is 9.45. The largest absolute Gasteiger partial charge is 0.486 e. The van der Waals surface area contributed by atoms with Crippen LogP contribution in [0.1, 0.15) is 40.5 Å². The topological polar surface area (TPSA) is 79.1 Å². The van der Waals surface area contributed by atoms with Crippen LogP contribution >= 0.6 is 12.4 Å². The molecule has 0 bridgehead atoms. The molecule has 3 rings (SSSR count). The molecular weight excluding hydrogens is 447 g/mol. The van der Waals surface area contributed by atoms with Gasteiger partial charge < -0.3 is 15.4 Å². The molecular formula is C24H38ClFN4O3. The van der Waals surface area contributed by atoms with Gasteiger partial charge in [0.15, 0.2) is 11.6 Å². The van der Waals surface area contributed by atoms with Gasteiger partial charge in [0.2, 0.25) is 11.8 Å². The van der Waals surface area contributed by atoms with Crippen LogP contribution in [0.3, 0.4) is 0 Å². The molecule has 0 radical (unpaired) electrons. The Balaban J connectivity index is 0.00000385. The number of rotatable bonds is 9. The first kappa shape index (κ1) is 27.3. The molecule has 7 nitrogen and oxygen atoms in total. The van der Waals surface area contributed by atoms with Gasteiger partial charge in [0.25, 0.3) is 0 Å². The van der Waals surface area contributed by atoms with Crippen molar-refractivity contribution in [2.24, 2.45) is 17.6 Å². The minimum absolute atomic E-state index is 0. The predicted molar refractivity (Wildman–Crippen MR) is 130 cm³/mol. The molecule has 2 N–H and O–H groups in total. The maximum atomic E-state index is 14.3. The van der Waals surface area contributed by atoms with Crippen LogP contribution in [0, 0.1) is 17.7 Å². The normalized spacial score (nSPS) is 20.5. The average molecular weight is 485 g/mol. The van der Waals surface area contributed by atoms with Crippen molar-refractivity contribution in [1.29, 1.82) is 0 Å². The molecule has 0 spiro atoms. The van der Waals surface area contributed by atoms with E-state index in [0.29, 0.717) is 12.3 Å². The molecule has 0 aliphatic carbocycles. The molecule has 33 heavy (non-hydrogen) atoms. The van der Waals surface area contributed by atoms with Crippen molar-refractivity contribution in [1.82, 2.24) is 9.80 Å². The lowest BCUT2D eigenvalue weighted by Gasteiger charge is -2.37. The Hall–Kier alpha value is -1.90. The molecule has 2 fully saturated rings. The van der Waals surface area contributed by atoms with E-state index in [-0.39, 0.29) is 60.4 Å². The molecule has 0 saturated carbocycles. The second-order valence-corrected chi connectivity index (χ2v) is 9.45. The first-order chi connectivity index (χ1) is 15.2. The Morgan fingerprint density at radius 2 is 1.76 bits per heavy atom. The van der Waals surface area contributed by atoms with E-state index in [0.717, 1.165) is 44.8 Å². The van der Waals surface area contributed by atoms with Crippen LogP contribution in [0.25, 0.3) is 0 Å². The van der Waals surface area contributed by atoms with E-state index in [2.05, 4.69) is 9.80 Å². The quantitative estimate of drug-likeness (QED) is 0.543. The molecule has 2 atom stereocenters. The highest BCUT2D eigenvalue weighted by Crippen LogP contribution is 2.33. The first-order valence-electron chi connectivity index (χ1n) is 11.7. The van der Waals surface area contributed by atoms with Crippen LogP contribution < -0.4 is 15.4 Å². The summed E-state index contributed by atoms with van der Waals surface area (Å²) in [6.07, 6.45) is 0.867. The average Bonchev–Trinajstić information content (AvgIpc) is 3.03. The number of hydrogen-bond acceptors (Lipinski definition) is 6. The van der Waals surface area contributed by atoms with Gasteiger partial charge in [0.1, 0.15) is 0 Å². The van der Waals surface area contributed by atoms with Crippen LogP contribution in [0.15, 0.2) is 18.2 Å². The molecule has 2 saturated heterocycles. The van der Waals surface area contributed by atoms with E-state index >= 15 is 0 Å². The number of carbonyl (C=O) groups is 2. The molecule has 2 aliphatic heterocycles. The number of anilines is 1. The fourth-order valence-corrected chi connectivity index (χ4v) is 4.47. The molecule has 2 unspecified atom stereocenters. The summed E-state index contributed by atoms with van der Waals surface area (Å²) in [6, 6.07) is 4.76. The number of benzene rings is 1. The lowest BCUT2D eigenvalue weighted by molar-refractivity contribution is -0.139. The van der Waals surface area contributed by atoms with E-state index in [1.807, 2.05) is 33.8 Å². The van der Waals surface area contributed by atoms with Crippen molar-refractivity contribution in [3.8, 4) is 5.75 Å². The minimum atomic E-state index is -0.389. The Bertz CT molecular complexity index is 815. The van der Waals surface area contributed by atoms with Gasteiger partial charge in [0, 0.05) is 45.2 Å². The van der Waals surface area contributed by atoms with E-state index in [1.165, 1.54) is 11.0 Å². The van der Waals surface area contributed by atoms with Gasteiger partial charge >= 0.3 is 0 Å². The van der Waals surface area contributed by atoms with Crippen molar-refractivity contribution >= 4 is 29.9 Å². The van der Waals surface area contributed by atoms with Crippen molar-refractivity contribution < 1.29 is 18.7 Å². The first-order valence-corrected chi connectivity index (χ1v) is 11.7. The molecule has 1 aromatic carbocycles. The highest BCUT2D eigenvalue weighted by molar-refractivity contribution is 6.03. The highest BCUT2D eigenvalue weighted by atomic mass is 35.5. The van der Waals surface area contributed by atoms with Gasteiger partial charge in [0.05, 0.1) is 17.7 Å². The molecule has 1 aromatic rings. The molecule has 9 heteroatoms. The standard InChI is InChI=1S/C24H37FN4O3.ClH/c1-16(2)22(26)18-15-21(30)29(24(18)31)10-6-9-27-11-13-28(14-12-27)20-8-5-7-19(25)23(20)32-17(3)4;/h5,7-8,16-18,22H,6,9-15,26H2,1-4H3;1H. The van der Waals surface area contributed by atoms with Crippen molar-refractivity contribution in [3.63, 3.8) is 0 Å². The zero-order valence-electron chi connectivity index (χ0n) is 20.1. The van der Waals surface area contributed by atoms with Crippen LogP contribution in [-0.2, 0) is 9.59 Å². The van der Waals surface area contributed by atoms with Crippen molar-refractivity contribution in [2.45, 2.75) is 52.7 Å². The van der Waals surface area contributed by atoms with Crippen LogP contribution in [0.5, 0.6) is 5.75 Å². The van der Waals surface area contributed by atoms with E-state index in [9.17, 15) is 14.0 Å². The Morgan fingerprint density at radius 1 is 1.09 bits per heavy atom. The molecule has 2 aliphatic rings. The third-order valence-electron chi connectivity index (χ3n) is 6.38. The molecule has 0 aromatic heterocycles. The summed E-state index contributed by atoms with van der Waals surface area (Å²) in [5.74, 6) is -0.475. The molecule has 2 amide bonds. The third-order valence-corrected chi connectivity index (χ3v) is 6.38. The number of amides is 2. The number of likely N-dealkylation sites (tertiary alicyclic amines) is 1. The monoisotopic (exact) mass is 484 g/mol. The van der Waals surface area contributed by atoms with Gasteiger partial charge in [-0.25, -0.2) is 4.39 Å². The number of nitrogens with two attached hydrogens (primary N) is 1. The van der Waals surface area contributed by atoms with Crippen LogP contribution in [-0.4, -0.2) is 73.0 Å². The minimum Gasteiger partial charge on any atom is -0.486 e. The number of hydrogen-bond donors (Lipinski definition) is 1. The number of carbonyl (C=O) groups excluding carboxylic acids is 2. The maximum Gasteiger partial charge on any atom is 0.234 e. The Labute approximate surface area is 202 Å². The van der Waals surface area contributed by atoms with E-state index in [4.69, 9.17) is 10.5 Å². The summed E-state index contributed by atoms with van der Waals surface area (Å²) in [4.78, 5) is 30.8. The number of imide groups is 1. The molecule has 2 heterocycles. The number of halogens is 2. The maximum absolute atomic E-state index is 14.3.